The molecule has 0 amide bonds. The first-order chi connectivity index (χ1) is 9.31. The van der Waals surface area contributed by atoms with Crippen molar-refractivity contribution >= 4 is 11.7 Å². The largest absolute Gasteiger partial charge is 0.478 e. The van der Waals surface area contributed by atoms with Gasteiger partial charge < -0.3 is 10.0 Å². The van der Waals surface area contributed by atoms with Crippen LogP contribution in [0.15, 0.2) is 18.2 Å². The Labute approximate surface area is 116 Å². The first kappa shape index (κ1) is 16.3. The Bertz CT molecular complexity index is 466. The summed E-state index contributed by atoms with van der Waals surface area (Å²) in [5.74, 6) is -1.22. The number of carboxylic acid groups (broad SMARTS) is 1. The van der Waals surface area contributed by atoms with Crippen molar-refractivity contribution in [3.05, 3.63) is 29.3 Å². The van der Waals surface area contributed by atoms with E-state index in [9.17, 15) is 18.0 Å². The molecule has 6 heteroatoms. The van der Waals surface area contributed by atoms with Crippen LogP contribution in [0, 0.1) is 0 Å². The fourth-order valence-electron chi connectivity index (χ4n) is 2.04. The van der Waals surface area contributed by atoms with E-state index < -0.39 is 17.7 Å². The molecule has 1 N–H and O–H groups in total. The highest BCUT2D eigenvalue weighted by molar-refractivity contribution is 5.94. The van der Waals surface area contributed by atoms with Gasteiger partial charge in [0.15, 0.2) is 0 Å². The van der Waals surface area contributed by atoms with Gasteiger partial charge in [-0.3, -0.25) is 0 Å². The van der Waals surface area contributed by atoms with E-state index in [0.717, 1.165) is 31.0 Å². The molecule has 3 nitrogen and oxygen atoms in total. The summed E-state index contributed by atoms with van der Waals surface area (Å²) in [7, 11) is 0. The number of hydrogen-bond donors (Lipinski definition) is 1. The van der Waals surface area contributed by atoms with E-state index in [2.05, 4.69) is 0 Å². The second-order valence-electron chi connectivity index (χ2n) is 4.52. The third-order valence-corrected chi connectivity index (χ3v) is 2.88. The molecule has 0 unspecified atom stereocenters. The van der Waals surface area contributed by atoms with Gasteiger partial charge >= 0.3 is 12.1 Å². The van der Waals surface area contributed by atoms with Gasteiger partial charge in [0, 0.05) is 13.1 Å². The Kier molecular flexibility index (Phi) is 5.42. The lowest BCUT2D eigenvalue weighted by molar-refractivity contribution is -0.137. The van der Waals surface area contributed by atoms with Crippen molar-refractivity contribution in [3.8, 4) is 0 Å². The van der Waals surface area contributed by atoms with Crippen molar-refractivity contribution in [2.24, 2.45) is 0 Å². The zero-order valence-corrected chi connectivity index (χ0v) is 11.5. The number of alkyl halides is 3. The lowest BCUT2D eigenvalue weighted by atomic mass is 10.1. The van der Waals surface area contributed by atoms with Gasteiger partial charge in [0.2, 0.25) is 0 Å². The summed E-state index contributed by atoms with van der Waals surface area (Å²) in [5.41, 5.74) is -0.786. The van der Waals surface area contributed by atoms with Gasteiger partial charge in [-0.15, -0.1) is 0 Å². The van der Waals surface area contributed by atoms with E-state index in [1.165, 1.54) is 0 Å². The zero-order valence-electron chi connectivity index (χ0n) is 11.5. The lowest BCUT2D eigenvalue weighted by Crippen LogP contribution is -2.27. The number of benzene rings is 1. The molecule has 1 aromatic rings. The minimum absolute atomic E-state index is 0.0973. The van der Waals surface area contributed by atoms with E-state index in [1.807, 2.05) is 13.8 Å². The Morgan fingerprint density at radius 1 is 1.20 bits per heavy atom. The normalized spacial score (nSPS) is 11.4. The van der Waals surface area contributed by atoms with Gasteiger partial charge in [0.1, 0.15) is 0 Å². The van der Waals surface area contributed by atoms with Gasteiger partial charge in [0.05, 0.1) is 16.8 Å². The summed E-state index contributed by atoms with van der Waals surface area (Å²) in [6.45, 7) is 4.85. The number of rotatable bonds is 6. The van der Waals surface area contributed by atoms with Crippen LogP contribution in [-0.4, -0.2) is 24.2 Å². The molecular formula is C14H18F3NO2. The number of anilines is 1. The van der Waals surface area contributed by atoms with Crippen LogP contribution in [0.25, 0.3) is 0 Å². The molecular weight excluding hydrogens is 271 g/mol. The zero-order chi connectivity index (χ0) is 15.3. The van der Waals surface area contributed by atoms with Crippen LogP contribution in [0.5, 0.6) is 0 Å². The minimum Gasteiger partial charge on any atom is -0.478 e. The SMILES string of the molecule is CCCN(CCC)c1cc(C(F)(F)F)ccc1C(=O)O. The Morgan fingerprint density at radius 2 is 1.75 bits per heavy atom. The molecule has 0 aliphatic heterocycles. The molecule has 0 saturated heterocycles. The van der Waals surface area contributed by atoms with Crippen LogP contribution in [-0.2, 0) is 6.18 Å². The maximum atomic E-state index is 12.8. The summed E-state index contributed by atoms with van der Waals surface area (Å²) in [6.07, 6.45) is -3.01. The fraction of sp³-hybridized carbons (Fsp3) is 0.500. The number of carbonyl (C=O) groups is 1. The van der Waals surface area contributed by atoms with Crippen LogP contribution in [0.4, 0.5) is 18.9 Å². The predicted molar refractivity (Wildman–Crippen MR) is 71.2 cm³/mol. The first-order valence-corrected chi connectivity index (χ1v) is 6.50. The van der Waals surface area contributed by atoms with Crippen molar-refractivity contribution in [2.75, 3.05) is 18.0 Å². The van der Waals surface area contributed by atoms with Crippen molar-refractivity contribution in [3.63, 3.8) is 0 Å². The molecule has 0 radical (unpaired) electrons. The second-order valence-corrected chi connectivity index (χ2v) is 4.52. The topological polar surface area (TPSA) is 40.5 Å². The molecule has 0 atom stereocenters. The quantitative estimate of drug-likeness (QED) is 0.859. The van der Waals surface area contributed by atoms with Crippen molar-refractivity contribution in [1.29, 1.82) is 0 Å². The van der Waals surface area contributed by atoms with E-state index in [0.29, 0.717) is 13.1 Å². The van der Waals surface area contributed by atoms with Crippen LogP contribution in [0.3, 0.4) is 0 Å². The summed E-state index contributed by atoms with van der Waals surface area (Å²) in [6, 6.07) is 2.76. The van der Waals surface area contributed by atoms with Gasteiger partial charge in [-0.25, -0.2) is 4.79 Å². The Balaban J connectivity index is 3.33. The van der Waals surface area contributed by atoms with E-state index >= 15 is 0 Å². The standard InChI is InChI=1S/C14H18F3NO2/c1-3-7-18(8-4-2)12-9-10(14(15,16)17)5-6-11(12)13(19)20/h5-6,9H,3-4,7-8H2,1-2H3,(H,19,20). The number of aromatic carboxylic acids is 1. The first-order valence-electron chi connectivity index (χ1n) is 6.50. The molecule has 20 heavy (non-hydrogen) atoms. The maximum absolute atomic E-state index is 12.8. The smallest absolute Gasteiger partial charge is 0.416 e. The molecule has 0 aromatic heterocycles. The lowest BCUT2D eigenvalue weighted by Gasteiger charge is -2.26. The molecule has 112 valence electrons. The second kappa shape index (κ2) is 6.63. The third kappa shape index (κ3) is 3.88. The minimum atomic E-state index is -4.48. The number of nitrogens with zero attached hydrogens (tertiary/aromatic N) is 1. The van der Waals surface area contributed by atoms with E-state index in [1.54, 1.807) is 4.90 Å². The molecule has 0 saturated carbocycles. The Morgan fingerprint density at radius 3 is 2.15 bits per heavy atom. The molecule has 0 aliphatic carbocycles. The monoisotopic (exact) mass is 289 g/mol. The number of hydrogen-bond acceptors (Lipinski definition) is 2. The van der Waals surface area contributed by atoms with Gasteiger partial charge in [0.25, 0.3) is 0 Å². The summed E-state index contributed by atoms with van der Waals surface area (Å²) in [4.78, 5) is 12.9. The van der Waals surface area contributed by atoms with E-state index in [-0.39, 0.29) is 11.3 Å². The summed E-state index contributed by atoms with van der Waals surface area (Å²) >= 11 is 0. The highest BCUT2D eigenvalue weighted by Gasteiger charge is 2.32. The Hall–Kier alpha value is -1.72. The van der Waals surface area contributed by atoms with Crippen molar-refractivity contribution < 1.29 is 23.1 Å². The predicted octanol–water partition coefficient (Wildman–Crippen LogP) is 4.03. The van der Waals surface area contributed by atoms with Crippen LogP contribution in [0.1, 0.15) is 42.6 Å². The van der Waals surface area contributed by atoms with Crippen LogP contribution in [0.2, 0.25) is 0 Å². The average molecular weight is 289 g/mol. The highest BCUT2D eigenvalue weighted by Crippen LogP contribution is 2.33. The molecule has 0 spiro atoms. The summed E-state index contributed by atoms with van der Waals surface area (Å²) in [5, 5.41) is 9.14. The molecule has 1 aromatic carbocycles. The van der Waals surface area contributed by atoms with Gasteiger partial charge in [-0.05, 0) is 31.0 Å². The van der Waals surface area contributed by atoms with E-state index in [4.69, 9.17) is 5.11 Å². The van der Waals surface area contributed by atoms with Crippen molar-refractivity contribution in [2.45, 2.75) is 32.9 Å². The van der Waals surface area contributed by atoms with Gasteiger partial charge in [-0.1, -0.05) is 13.8 Å². The van der Waals surface area contributed by atoms with Crippen LogP contribution >= 0.6 is 0 Å². The molecule has 1 rings (SSSR count). The molecule has 0 fully saturated rings. The van der Waals surface area contributed by atoms with Crippen LogP contribution < -0.4 is 4.90 Å². The fourth-order valence-corrected chi connectivity index (χ4v) is 2.04. The highest BCUT2D eigenvalue weighted by atomic mass is 19.4. The maximum Gasteiger partial charge on any atom is 0.416 e. The number of carboxylic acids is 1. The molecule has 0 bridgehead atoms. The molecule has 0 heterocycles. The molecule has 0 aliphatic rings. The summed E-state index contributed by atoms with van der Waals surface area (Å²) < 4.78 is 38.3. The number of halogens is 3. The van der Waals surface area contributed by atoms with Crippen molar-refractivity contribution in [1.82, 2.24) is 0 Å². The average Bonchev–Trinajstić information content (AvgIpc) is 2.36. The third-order valence-electron chi connectivity index (χ3n) is 2.88. The van der Waals surface area contributed by atoms with Gasteiger partial charge in [-0.2, -0.15) is 13.2 Å².